The molecule has 2 aromatic carbocycles. The molecule has 7 nitrogen and oxygen atoms in total. The van der Waals surface area contributed by atoms with Crippen LogP contribution in [0.4, 0.5) is 4.79 Å². The smallest absolute Gasteiger partial charge is 0.409 e. The summed E-state index contributed by atoms with van der Waals surface area (Å²) in [4.78, 5) is 31.8. The van der Waals surface area contributed by atoms with Crippen LogP contribution in [0.15, 0.2) is 52.9 Å². The van der Waals surface area contributed by atoms with Crippen LogP contribution in [-0.4, -0.2) is 41.6 Å². The summed E-state index contributed by atoms with van der Waals surface area (Å²) < 4.78 is 17.0. The molecule has 3 aromatic rings. The lowest BCUT2D eigenvalue weighted by Gasteiger charge is -2.34. The largest absolute Gasteiger partial charge is 0.461 e. The van der Waals surface area contributed by atoms with Crippen LogP contribution in [0.1, 0.15) is 54.3 Å². The number of likely N-dealkylation sites (tertiary alicyclic amines) is 1. The van der Waals surface area contributed by atoms with E-state index >= 15 is 0 Å². The maximum absolute atomic E-state index is 12.7. The van der Waals surface area contributed by atoms with Gasteiger partial charge in [0.25, 0.3) is 0 Å². The topological polar surface area (TPSA) is 81.9 Å². The van der Waals surface area contributed by atoms with Gasteiger partial charge in [0.2, 0.25) is 5.89 Å². The molecule has 202 valence electrons. The van der Waals surface area contributed by atoms with Crippen LogP contribution < -0.4 is 0 Å². The Balaban J connectivity index is 1.22. The summed E-state index contributed by atoms with van der Waals surface area (Å²) in [5.41, 5.74) is 5.13. The first-order valence-corrected chi connectivity index (χ1v) is 13.5. The number of aryl methyl sites for hydroxylation is 3. The van der Waals surface area contributed by atoms with Crippen LogP contribution in [0, 0.1) is 32.6 Å². The molecule has 1 unspecified atom stereocenters. The normalized spacial score (nSPS) is 14.8. The average Bonchev–Trinajstić information content (AvgIpc) is 3.30. The van der Waals surface area contributed by atoms with E-state index < -0.39 is 0 Å². The predicted molar refractivity (Wildman–Crippen MR) is 146 cm³/mol. The average molecular weight is 519 g/mol. The van der Waals surface area contributed by atoms with E-state index in [-0.39, 0.29) is 30.5 Å². The zero-order valence-corrected chi connectivity index (χ0v) is 22.9. The van der Waals surface area contributed by atoms with Crippen molar-refractivity contribution in [3.8, 4) is 11.5 Å². The zero-order valence-electron chi connectivity index (χ0n) is 22.9. The first-order valence-electron chi connectivity index (χ1n) is 13.5. The van der Waals surface area contributed by atoms with E-state index in [0.717, 1.165) is 41.8 Å². The number of hydrogen-bond donors (Lipinski definition) is 0. The highest BCUT2D eigenvalue weighted by atomic mass is 16.6. The third kappa shape index (κ3) is 6.82. The van der Waals surface area contributed by atoms with Crippen LogP contribution in [0.25, 0.3) is 11.5 Å². The number of carbonyl (C=O) groups is 2. The standard InChI is InChI=1S/C31H38N2O5/c1-5-27(30(34)37-20-24-9-7-6-8-10-24)25-13-16-33(17-14-25)31(35)36-18-15-28-23(4)38-29(32-28)26-12-11-21(2)22(3)19-26/h6-12,19,25,27H,5,13-18,20H2,1-4H3. The fraction of sp³-hybridized carbons (Fsp3) is 0.452. The molecular formula is C31H38N2O5. The molecule has 1 saturated heterocycles. The lowest BCUT2D eigenvalue weighted by molar-refractivity contribution is -0.152. The van der Waals surface area contributed by atoms with Gasteiger partial charge in [0.1, 0.15) is 12.4 Å². The third-order valence-corrected chi connectivity index (χ3v) is 7.54. The Morgan fingerprint density at radius 1 is 1.03 bits per heavy atom. The van der Waals surface area contributed by atoms with E-state index in [9.17, 15) is 9.59 Å². The molecule has 4 rings (SSSR count). The van der Waals surface area contributed by atoms with Crippen molar-refractivity contribution in [2.24, 2.45) is 11.8 Å². The number of esters is 1. The van der Waals surface area contributed by atoms with E-state index in [1.165, 1.54) is 11.1 Å². The Bertz CT molecular complexity index is 1230. The molecule has 0 bridgehead atoms. The minimum atomic E-state index is -0.321. The van der Waals surface area contributed by atoms with Gasteiger partial charge in [0, 0.05) is 25.1 Å². The van der Waals surface area contributed by atoms with Crippen molar-refractivity contribution in [1.82, 2.24) is 9.88 Å². The number of oxazole rings is 1. The van der Waals surface area contributed by atoms with Crippen molar-refractivity contribution >= 4 is 12.1 Å². The van der Waals surface area contributed by atoms with Gasteiger partial charge in [-0.15, -0.1) is 0 Å². The molecule has 0 aliphatic carbocycles. The van der Waals surface area contributed by atoms with Crippen molar-refractivity contribution in [3.05, 3.63) is 76.7 Å². The number of hydrogen-bond acceptors (Lipinski definition) is 6. The van der Waals surface area contributed by atoms with Gasteiger partial charge in [-0.25, -0.2) is 9.78 Å². The van der Waals surface area contributed by atoms with E-state index in [0.29, 0.717) is 32.0 Å². The second kappa shape index (κ2) is 12.8. The molecule has 0 N–H and O–H groups in total. The molecule has 1 amide bonds. The summed E-state index contributed by atoms with van der Waals surface area (Å²) in [7, 11) is 0. The lowest BCUT2D eigenvalue weighted by Crippen LogP contribution is -2.42. The van der Waals surface area contributed by atoms with Crippen molar-refractivity contribution < 1.29 is 23.5 Å². The summed E-state index contributed by atoms with van der Waals surface area (Å²) in [6.45, 7) is 9.72. The van der Waals surface area contributed by atoms with E-state index in [2.05, 4.69) is 31.0 Å². The molecule has 38 heavy (non-hydrogen) atoms. The highest BCUT2D eigenvalue weighted by molar-refractivity contribution is 5.73. The number of piperidine rings is 1. The second-order valence-electron chi connectivity index (χ2n) is 10.1. The Morgan fingerprint density at radius 2 is 1.76 bits per heavy atom. The molecule has 1 atom stereocenters. The Labute approximate surface area is 225 Å². The van der Waals surface area contributed by atoms with Crippen LogP contribution in [0.2, 0.25) is 0 Å². The van der Waals surface area contributed by atoms with E-state index in [4.69, 9.17) is 13.9 Å². The first-order chi connectivity index (χ1) is 18.4. The van der Waals surface area contributed by atoms with Gasteiger partial charge in [0.15, 0.2) is 0 Å². The highest BCUT2D eigenvalue weighted by Gasteiger charge is 2.33. The van der Waals surface area contributed by atoms with Gasteiger partial charge >= 0.3 is 12.1 Å². The van der Waals surface area contributed by atoms with Crippen LogP contribution in [-0.2, 0) is 27.3 Å². The van der Waals surface area contributed by atoms with Gasteiger partial charge in [-0.2, -0.15) is 0 Å². The van der Waals surface area contributed by atoms with Crippen molar-refractivity contribution in [1.29, 1.82) is 0 Å². The lowest BCUT2D eigenvalue weighted by atomic mass is 9.83. The van der Waals surface area contributed by atoms with Crippen LogP contribution >= 0.6 is 0 Å². The molecule has 0 spiro atoms. The Morgan fingerprint density at radius 3 is 2.45 bits per heavy atom. The third-order valence-electron chi connectivity index (χ3n) is 7.54. The zero-order chi connectivity index (χ0) is 27.1. The SMILES string of the molecule is CCC(C(=O)OCc1ccccc1)C1CCN(C(=O)OCCc2nc(-c3ccc(C)c(C)c3)oc2C)CC1. The fourth-order valence-corrected chi connectivity index (χ4v) is 5.00. The molecule has 2 heterocycles. The monoisotopic (exact) mass is 518 g/mol. The predicted octanol–water partition coefficient (Wildman–Crippen LogP) is 6.43. The highest BCUT2D eigenvalue weighted by Crippen LogP contribution is 2.29. The number of rotatable bonds is 9. The van der Waals surface area contributed by atoms with Crippen LogP contribution in [0.3, 0.4) is 0 Å². The molecule has 1 aromatic heterocycles. The summed E-state index contributed by atoms with van der Waals surface area (Å²) in [5.74, 6) is 1.22. The van der Waals surface area contributed by atoms with Gasteiger partial charge in [-0.05, 0) is 74.8 Å². The summed E-state index contributed by atoms with van der Waals surface area (Å²) in [6.07, 6.45) is 2.42. The van der Waals surface area contributed by atoms with Gasteiger partial charge in [-0.1, -0.05) is 43.3 Å². The van der Waals surface area contributed by atoms with Crippen molar-refractivity contribution in [2.75, 3.05) is 19.7 Å². The quantitative estimate of drug-likeness (QED) is 0.304. The van der Waals surface area contributed by atoms with Gasteiger partial charge < -0.3 is 18.8 Å². The summed E-state index contributed by atoms with van der Waals surface area (Å²) in [6, 6.07) is 15.9. The Kier molecular flexibility index (Phi) is 9.21. The van der Waals surface area contributed by atoms with Crippen molar-refractivity contribution in [2.45, 2.75) is 60.0 Å². The number of nitrogens with zero attached hydrogens (tertiary/aromatic N) is 2. The molecule has 0 saturated carbocycles. The minimum absolute atomic E-state index is 0.152. The second-order valence-corrected chi connectivity index (χ2v) is 10.1. The maximum atomic E-state index is 12.7. The molecule has 0 radical (unpaired) electrons. The molecule has 1 fully saturated rings. The number of aromatic nitrogens is 1. The van der Waals surface area contributed by atoms with E-state index in [1.807, 2.05) is 50.2 Å². The minimum Gasteiger partial charge on any atom is -0.461 e. The van der Waals surface area contributed by atoms with Crippen LogP contribution in [0.5, 0.6) is 0 Å². The van der Waals surface area contributed by atoms with Gasteiger partial charge in [-0.3, -0.25) is 4.79 Å². The number of amides is 1. The molecule has 1 aliphatic heterocycles. The number of ether oxygens (including phenoxy) is 2. The van der Waals surface area contributed by atoms with Crippen molar-refractivity contribution in [3.63, 3.8) is 0 Å². The molecule has 1 aliphatic rings. The summed E-state index contributed by atoms with van der Waals surface area (Å²) in [5, 5.41) is 0. The van der Waals surface area contributed by atoms with Gasteiger partial charge in [0.05, 0.1) is 18.2 Å². The summed E-state index contributed by atoms with van der Waals surface area (Å²) >= 11 is 0. The first kappa shape index (κ1) is 27.4. The number of carbonyl (C=O) groups excluding carboxylic acids is 2. The fourth-order valence-electron chi connectivity index (χ4n) is 5.00. The van der Waals surface area contributed by atoms with E-state index in [1.54, 1.807) is 4.90 Å². The Hall–Kier alpha value is -3.61. The maximum Gasteiger partial charge on any atom is 0.409 e. The number of benzene rings is 2. The molecule has 7 heteroatoms. The molecular weight excluding hydrogens is 480 g/mol.